The molecule has 34 heavy (non-hydrogen) atoms. The zero-order valence-electron chi connectivity index (χ0n) is 18.3. The number of fused-ring (bicyclic) bond motifs is 4. The first-order valence-corrected chi connectivity index (χ1v) is 11.7. The zero-order valence-corrected chi connectivity index (χ0v) is 19.2. The van der Waals surface area contributed by atoms with Crippen LogP contribution in [-0.2, 0) is 23.6 Å². The molecular formula is C23H21N7O3S. The van der Waals surface area contributed by atoms with Gasteiger partial charge in [-0.05, 0) is 30.7 Å². The molecule has 2 N–H and O–H groups in total. The standard InChI is InChI=1S/C23H21N7O3S/c1-2-11-28-21(33)15-8-4-6-10-17(15)30-22(28)26-27-23(30)34-13-19-25-16-9-5-3-7-14(16)20(32)29(19)12-18(24)31/h3-10H,2,11-13H2,1H3,(H2,24,31). The van der Waals surface area contributed by atoms with E-state index in [1.807, 2.05) is 29.5 Å². The Bertz CT molecular complexity index is 1690. The highest BCUT2D eigenvalue weighted by Gasteiger charge is 2.18. The summed E-state index contributed by atoms with van der Waals surface area (Å²) in [5.74, 6) is 0.465. The molecule has 5 rings (SSSR count). The van der Waals surface area contributed by atoms with Gasteiger partial charge in [0.2, 0.25) is 11.7 Å². The SMILES string of the molecule is CCCn1c(=O)c2ccccc2n2c(SCc3nc4ccccc4c(=O)n3CC(N)=O)nnc12. The smallest absolute Gasteiger partial charge is 0.262 e. The van der Waals surface area contributed by atoms with Crippen molar-refractivity contribution in [2.75, 3.05) is 0 Å². The largest absolute Gasteiger partial charge is 0.368 e. The summed E-state index contributed by atoms with van der Waals surface area (Å²) in [5.41, 5.74) is 6.20. The van der Waals surface area contributed by atoms with Gasteiger partial charge in [-0.3, -0.25) is 27.9 Å². The number of carbonyl (C=O) groups excluding carboxylic acids is 1. The number of primary amides is 1. The number of carbonyl (C=O) groups is 1. The second-order valence-corrected chi connectivity index (χ2v) is 8.73. The Kier molecular flexibility index (Phi) is 5.62. The molecule has 0 spiro atoms. The van der Waals surface area contributed by atoms with Crippen molar-refractivity contribution in [2.45, 2.75) is 37.3 Å². The summed E-state index contributed by atoms with van der Waals surface area (Å²) in [4.78, 5) is 42.3. The Morgan fingerprint density at radius 3 is 2.44 bits per heavy atom. The average Bonchev–Trinajstić information content (AvgIpc) is 3.26. The van der Waals surface area contributed by atoms with E-state index < -0.39 is 5.91 Å². The van der Waals surface area contributed by atoms with Crippen LogP contribution in [0.25, 0.3) is 27.6 Å². The topological polar surface area (TPSA) is 130 Å². The Morgan fingerprint density at radius 2 is 1.68 bits per heavy atom. The van der Waals surface area contributed by atoms with Crippen LogP contribution in [0.4, 0.5) is 0 Å². The summed E-state index contributed by atoms with van der Waals surface area (Å²) < 4.78 is 4.76. The van der Waals surface area contributed by atoms with Crippen LogP contribution in [0.3, 0.4) is 0 Å². The number of aryl methyl sites for hydroxylation is 1. The predicted octanol–water partition coefficient (Wildman–Crippen LogP) is 1.94. The van der Waals surface area contributed by atoms with Crippen LogP contribution >= 0.6 is 11.8 Å². The van der Waals surface area contributed by atoms with Crippen LogP contribution in [0.15, 0.2) is 63.3 Å². The van der Waals surface area contributed by atoms with Crippen molar-refractivity contribution in [3.05, 3.63) is 75.1 Å². The number of nitrogens with zero attached hydrogens (tertiary/aromatic N) is 6. The number of amides is 1. The van der Waals surface area contributed by atoms with E-state index in [0.717, 1.165) is 6.42 Å². The minimum atomic E-state index is -0.632. The molecule has 172 valence electrons. The summed E-state index contributed by atoms with van der Waals surface area (Å²) in [6.07, 6.45) is 0.768. The molecule has 3 heterocycles. The average molecular weight is 476 g/mol. The second-order valence-electron chi connectivity index (χ2n) is 7.78. The van der Waals surface area contributed by atoms with Gasteiger partial charge in [-0.25, -0.2) is 4.98 Å². The molecule has 2 aromatic carbocycles. The van der Waals surface area contributed by atoms with Crippen LogP contribution in [0.2, 0.25) is 0 Å². The van der Waals surface area contributed by atoms with Gasteiger partial charge in [-0.15, -0.1) is 10.2 Å². The van der Waals surface area contributed by atoms with Gasteiger partial charge in [0.1, 0.15) is 12.4 Å². The fourth-order valence-corrected chi connectivity index (χ4v) is 4.91. The molecule has 0 bridgehead atoms. The minimum Gasteiger partial charge on any atom is -0.368 e. The third kappa shape index (κ3) is 3.63. The second kappa shape index (κ2) is 8.75. The Morgan fingerprint density at radius 1 is 0.971 bits per heavy atom. The molecule has 0 unspecified atom stereocenters. The fraction of sp³-hybridized carbons (Fsp3) is 0.217. The highest BCUT2D eigenvalue weighted by Crippen LogP contribution is 2.24. The van der Waals surface area contributed by atoms with E-state index in [9.17, 15) is 14.4 Å². The molecule has 0 aliphatic heterocycles. The fourth-order valence-electron chi connectivity index (χ4n) is 4.02. The Hall–Kier alpha value is -3.99. The maximum atomic E-state index is 13.0. The van der Waals surface area contributed by atoms with Gasteiger partial charge in [0.15, 0.2) is 5.16 Å². The van der Waals surface area contributed by atoms with Crippen molar-refractivity contribution >= 4 is 45.3 Å². The lowest BCUT2D eigenvalue weighted by Gasteiger charge is -2.12. The highest BCUT2D eigenvalue weighted by atomic mass is 32.2. The van der Waals surface area contributed by atoms with E-state index in [4.69, 9.17) is 5.73 Å². The van der Waals surface area contributed by atoms with E-state index in [2.05, 4.69) is 15.2 Å². The predicted molar refractivity (Wildman–Crippen MR) is 130 cm³/mol. The molecule has 0 radical (unpaired) electrons. The summed E-state index contributed by atoms with van der Waals surface area (Å²) >= 11 is 1.32. The summed E-state index contributed by atoms with van der Waals surface area (Å²) in [6.45, 7) is 2.24. The highest BCUT2D eigenvalue weighted by molar-refractivity contribution is 7.98. The van der Waals surface area contributed by atoms with Gasteiger partial charge in [-0.1, -0.05) is 43.0 Å². The van der Waals surface area contributed by atoms with Gasteiger partial charge in [0.05, 0.1) is 27.6 Å². The summed E-state index contributed by atoms with van der Waals surface area (Å²) in [6, 6.07) is 14.3. The van der Waals surface area contributed by atoms with Gasteiger partial charge in [0, 0.05) is 6.54 Å². The third-order valence-corrected chi connectivity index (χ3v) is 6.44. The van der Waals surface area contributed by atoms with Crippen molar-refractivity contribution < 1.29 is 4.79 Å². The molecule has 0 atom stereocenters. The van der Waals surface area contributed by atoms with Crippen LogP contribution in [-0.4, -0.2) is 34.6 Å². The first-order chi connectivity index (χ1) is 16.5. The van der Waals surface area contributed by atoms with E-state index >= 15 is 0 Å². The van der Waals surface area contributed by atoms with Gasteiger partial charge in [0.25, 0.3) is 11.1 Å². The number of hydrogen-bond donors (Lipinski definition) is 1. The maximum absolute atomic E-state index is 13.0. The lowest BCUT2D eigenvalue weighted by molar-refractivity contribution is -0.118. The molecule has 10 nitrogen and oxygen atoms in total. The lowest BCUT2D eigenvalue weighted by Crippen LogP contribution is -2.31. The lowest BCUT2D eigenvalue weighted by atomic mass is 10.2. The zero-order chi connectivity index (χ0) is 23.8. The van der Waals surface area contributed by atoms with Gasteiger partial charge >= 0.3 is 0 Å². The monoisotopic (exact) mass is 475 g/mol. The summed E-state index contributed by atoms with van der Waals surface area (Å²) in [5, 5.41) is 10.2. The number of para-hydroxylation sites is 2. The number of hydrogen-bond acceptors (Lipinski definition) is 7. The minimum absolute atomic E-state index is 0.111. The first-order valence-electron chi connectivity index (χ1n) is 10.8. The molecule has 3 aromatic heterocycles. The quantitative estimate of drug-likeness (QED) is 0.356. The number of thioether (sulfide) groups is 1. The van der Waals surface area contributed by atoms with Crippen molar-refractivity contribution in [1.29, 1.82) is 0 Å². The maximum Gasteiger partial charge on any atom is 0.262 e. The van der Waals surface area contributed by atoms with E-state index in [1.54, 1.807) is 34.9 Å². The van der Waals surface area contributed by atoms with Crippen LogP contribution in [0.1, 0.15) is 19.2 Å². The Labute approximate surface area is 197 Å². The molecule has 0 saturated carbocycles. The van der Waals surface area contributed by atoms with E-state index in [-0.39, 0.29) is 23.4 Å². The van der Waals surface area contributed by atoms with Crippen LogP contribution in [0, 0.1) is 0 Å². The van der Waals surface area contributed by atoms with Crippen molar-refractivity contribution in [3.63, 3.8) is 0 Å². The van der Waals surface area contributed by atoms with E-state index in [1.165, 1.54) is 16.3 Å². The van der Waals surface area contributed by atoms with Crippen LogP contribution in [0.5, 0.6) is 0 Å². The molecule has 0 fully saturated rings. The first kappa shape index (κ1) is 21.8. The normalized spacial score (nSPS) is 11.6. The Balaban J connectivity index is 1.64. The molecule has 0 aliphatic rings. The van der Waals surface area contributed by atoms with Gasteiger partial charge < -0.3 is 5.73 Å². The van der Waals surface area contributed by atoms with Crippen molar-refractivity contribution in [2.24, 2.45) is 5.73 Å². The third-order valence-electron chi connectivity index (χ3n) is 5.51. The number of aromatic nitrogens is 6. The molecular weight excluding hydrogens is 454 g/mol. The van der Waals surface area contributed by atoms with Crippen molar-refractivity contribution in [1.82, 2.24) is 28.7 Å². The molecule has 0 saturated heterocycles. The van der Waals surface area contributed by atoms with Crippen LogP contribution < -0.4 is 16.9 Å². The van der Waals surface area contributed by atoms with Gasteiger partial charge in [-0.2, -0.15) is 0 Å². The van der Waals surface area contributed by atoms with E-state index in [0.29, 0.717) is 45.1 Å². The molecule has 5 aromatic rings. The molecule has 11 heteroatoms. The molecule has 1 amide bonds. The van der Waals surface area contributed by atoms with Crippen molar-refractivity contribution in [3.8, 4) is 0 Å². The number of rotatable bonds is 7. The summed E-state index contributed by atoms with van der Waals surface area (Å²) in [7, 11) is 0. The number of benzene rings is 2. The number of nitrogens with two attached hydrogens (primary N) is 1. The molecule has 0 aliphatic carbocycles.